The Morgan fingerprint density at radius 2 is 1.84 bits per heavy atom. The molecule has 1 fully saturated rings. The smallest absolute Gasteiger partial charge is 0.262 e. The predicted octanol–water partition coefficient (Wildman–Crippen LogP) is 5.39. The molecule has 0 heterocycles. The molecule has 1 N–H and O–H groups in total. The molecule has 4 rings (SSSR count). The Hall–Kier alpha value is -3.78. The van der Waals surface area contributed by atoms with Crippen molar-refractivity contribution < 1.29 is 14.3 Å². The number of amides is 1. The van der Waals surface area contributed by atoms with Crippen molar-refractivity contribution in [2.75, 3.05) is 7.11 Å². The van der Waals surface area contributed by atoms with Gasteiger partial charge in [-0.25, -0.2) is 0 Å². The molecule has 5 heteroatoms. The maximum absolute atomic E-state index is 12.5. The van der Waals surface area contributed by atoms with E-state index in [-0.39, 0.29) is 17.5 Å². The fourth-order valence-corrected chi connectivity index (χ4v) is 4.03. The first-order valence-electron chi connectivity index (χ1n) is 10.9. The summed E-state index contributed by atoms with van der Waals surface area (Å²) in [5.41, 5.74) is 1.85. The first kappa shape index (κ1) is 21.5. The highest BCUT2D eigenvalue weighted by molar-refractivity contribution is 6.01. The molecule has 1 aliphatic carbocycles. The topological polar surface area (TPSA) is 71.3 Å². The minimum absolute atomic E-state index is 0.0868. The van der Waals surface area contributed by atoms with Gasteiger partial charge in [-0.3, -0.25) is 4.79 Å². The van der Waals surface area contributed by atoms with E-state index >= 15 is 0 Å². The summed E-state index contributed by atoms with van der Waals surface area (Å²) in [6, 6.07) is 22.0. The molecule has 0 radical (unpaired) electrons. The van der Waals surface area contributed by atoms with Gasteiger partial charge in [0.15, 0.2) is 11.5 Å². The molecular formula is C27H26N2O3. The van der Waals surface area contributed by atoms with E-state index in [0.717, 1.165) is 31.2 Å². The molecule has 0 unspecified atom stereocenters. The van der Waals surface area contributed by atoms with Crippen molar-refractivity contribution in [1.82, 2.24) is 5.32 Å². The van der Waals surface area contributed by atoms with Crippen LogP contribution in [0.3, 0.4) is 0 Å². The Morgan fingerprint density at radius 3 is 2.59 bits per heavy atom. The molecule has 5 nitrogen and oxygen atoms in total. The van der Waals surface area contributed by atoms with Gasteiger partial charge < -0.3 is 14.8 Å². The largest absolute Gasteiger partial charge is 0.493 e. The summed E-state index contributed by atoms with van der Waals surface area (Å²) in [6.07, 6.45) is 5.77. The minimum Gasteiger partial charge on any atom is -0.493 e. The van der Waals surface area contributed by atoms with Gasteiger partial charge in [-0.2, -0.15) is 5.26 Å². The zero-order valence-electron chi connectivity index (χ0n) is 18.1. The summed E-state index contributed by atoms with van der Waals surface area (Å²) in [5.74, 6) is 0.828. The molecule has 0 bridgehead atoms. The summed E-state index contributed by atoms with van der Waals surface area (Å²) in [6.45, 7) is 0.406. The van der Waals surface area contributed by atoms with E-state index in [1.807, 2.05) is 30.3 Å². The number of hydrogen-bond acceptors (Lipinski definition) is 4. The second kappa shape index (κ2) is 10.0. The maximum atomic E-state index is 12.5. The van der Waals surface area contributed by atoms with E-state index in [4.69, 9.17) is 9.47 Å². The number of benzene rings is 3. The van der Waals surface area contributed by atoms with Gasteiger partial charge in [0.05, 0.1) is 7.11 Å². The lowest BCUT2D eigenvalue weighted by Gasteiger charge is -2.13. The summed E-state index contributed by atoms with van der Waals surface area (Å²) >= 11 is 0. The van der Waals surface area contributed by atoms with Gasteiger partial charge >= 0.3 is 0 Å². The zero-order valence-corrected chi connectivity index (χ0v) is 18.1. The zero-order chi connectivity index (χ0) is 22.3. The van der Waals surface area contributed by atoms with E-state index in [1.165, 1.54) is 10.8 Å². The summed E-state index contributed by atoms with van der Waals surface area (Å²) in [5, 5.41) is 14.8. The van der Waals surface area contributed by atoms with Gasteiger partial charge in [0, 0.05) is 6.04 Å². The molecule has 0 spiro atoms. The number of fused-ring (bicyclic) bond motifs is 1. The Labute approximate surface area is 188 Å². The van der Waals surface area contributed by atoms with Crippen LogP contribution in [0.5, 0.6) is 11.5 Å². The highest BCUT2D eigenvalue weighted by Gasteiger charge is 2.19. The molecule has 1 aliphatic rings. The SMILES string of the molecule is COc1cc(/C=C(/C#N)C(=O)NC2CCCC2)ccc1OCc1ccc2ccccc2c1. The van der Waals surface area contributed by atoms with Crippen molar-refractivity contribution in [3.8, 4) is 17.6 Å². The highest BCUT2D eigenvalue weighted by atomic mass is 16.5. The van der Waals surface area contributed by atoms with Crippen LogP contribution >= 0.6 is 0 Å². The molecule has 0 saturated heterocycles. The van der Waals surface area contributed by atoms with E-state index in [1.54, 1.807) is 25.3 Å². The summed E-state index contributed by atoms with van der Waals surface area (Å²) in [4.78, 5) is 12.5. The average molecular weight is 427 g/mol. The van der Waals surface area contributed by atoms with Crippen LogP contribution in [0.15, 0.2) is 66.2 Å². The highest BCUT2D eigenvalue weighted by Crippen LogP contribution is 2.30. The van der Waals surface area contributed by atoms with Crippen molar-refractivity contribution in [2.45, 2.75) is 38.3 Å². The van der Waals surface area contributed by atoms with Crippen LogP contribution < -0.4 is 14.8 Å². The van der Waals surface area contributed by atoms with E-state index in [9.17, 15) is 10.1 Å². The second-order valence-corrected chi connectivity index (χ2v) is 8.01. The van der Waals surface area contributed by atoms with Gasteiger partial charge in [0.2, 0.25) is 0 Å². The number of nitrogens with zero attached hydrogens (tertiary/aromatic N) is 1. The Morgan fingerprint density at radius 1 is 1.06 bits per heavy atom. The number of carbonyl (C=O) groups is 1. The third kappa shape index (κ3) is 5.09. The van der Waals surface area contributed by atoms with Gasteiger partial charge in [-0.05, 0) is 59.0 Å². The first-order chi connectivity index (χ1) is 15.7. The van der Waals surface area contributed by atoms with Crippen LogP contribution in [0.25, 0.3) is 16.8 Å². The number of ether oxygens (including phenoxy) is 2. The molecule has 0 atom stereocenters. The number of carbonyl (C=O) groups excluding carboxylic acids is 1. The molecule has 0 aliphatic heterocycles. The average Bonchev–Trinajstić information content (AvgIpc) is 3.34. The number of methoxy groups -OCH3 is 1. The minimum atomic E-state index is -0.324. The van der Waals surface area contributed by atoms with Crippen LogP contribution in [-0.2, 0) is 11.4 Å². The lowest BCUT2D eigenvalue weighted by molar-refractivity contribution is -0.117. The molecule has 3 aromatic rings. The molecule has 1 saturated carbocycles. The lowest BCUT2D eigenvalue weighted by Crippen LogP contribution is -2.33. The van der Waals surface area contributed by atoms with E-state index in [0.29, 0.717) is 23.7 Å². The standard InChI is InChI=1S/C27H26N2O3/c1-31-26-16-19(14-23(17-28)27(30)29-24-8-4-5-9-24)11-13-25(26)32-18-20-10-12-21-6-2-3-7-22(21)15-20/h2-3,6-7,10-16,24H,4-5,8-9,18H2,1H3,(H,29,30)/b23-14-. The molecule has 0 aromatic heterocycles. The van der Waals surface area contributed by atoms with Crippen LogP contribution in [0, 0.1) is 11.3 Å². The fraction of sp³-hybridized carbons (Fsp3) is 0.259. The quantitative estimate of drug-likeness (QED) is 0.406. The van der Waals surface area contributed by atoms with Crippen LogP contribution in [-0.4, -0.2) is 19.1 Å². The fourth-order valence-electron chi connectivity index (χ4n) is 4.03. The summed E-state index contributed by atoms with van der Waals surface area (Å²) in [7, 11) is 1.57. The van der Waals surface area contributed by atoms with Crippen LogP contribution in [0.2, 0.25) is 0 Å². The monoisotopic (exact) mass is 426 g/mol. The van der Waals surface area contributed by atoms with E-state index < -0.39 is 0 Å². The number of hydrogen-bond donors (Lipinski definition) is 1. The van der Waals surface area contributed by atoms with E-state index in [2.05, 4.69) is 29.6 Å². The Bertz CT molecular complexity index is 1190. The van der Waals surface area contributed by atoms with Crippen molar-refractivity contribution in [3.05, 3.63) is 77.4 Å². The van der Waals surface area contributed by atoms with Crippen molar-refractivity contribution >= 4 is 22.8 Å². The second-order valence-electron chi connectivity index (χ2n) is 8.01. The number of nitrogens with one attached hydrogen (secondary N) is 1. The summed E-state index contributed by atoms with van der Waals surface area (Å²) < 4.78 is 11.5. The van der Waals surface area contributed by atoms with Crippen molar-refractivity contribution in [2.24, 2.45) is 0 Å². The molecule has 1 amide bonds. The molecule has 3 aromatic carbocycles. The van der Waals surface area contributed by atoms with Gasteiger partial charge in [0.1, 0.15) is 18.2 Å². The lowest BCUT2D eigenvalue weighted by atomic mass is 10.1. The van der Waals surface area contributed by atoms with Gasteiger partial charge in [0.25, 0.3) is 5.91 Å². The van der Waals surface area contributed by atoms with Crippen LogP contribution in [0.1, 0.15) is 36.8 Å². The number of rotatable bonds is 7. The number of nitriles is 1. The normalized spacial score (nSPS) is 14.2. The van der Waals surface area contributed by atoms with Crippen molar-refractivity contribution in [1.29, 1.82) is 5.26 Å². The first-order valence-corrected chi connectivity index (χ1v) is 10.9. The maximum Gasteiger partial charge on any atom is 0.262 e. The van der Waals surface area contributed by atoms with Gasteiger partial charge in [-0.1, -0.05) is 55.3 Å². The Balaban J connectivity index is 1.47. The predicted molar refractivity (Wildman–Crippen MR) is 125 cm³/mol. The van der Waals surface area contributed by atoms with Crippen molar-refractivity contribution in [3.63, 3.8) is 0 Å². The molecule has 162 valence electrons. The third-order valence-electron chi connectivity index (χ3n) is 5.76. The molecule has 32 heavy (non-hydrogen) atoms. The third-order valence-corrected chi connectivity index (χ3v) is 5.76. The van der Waals surface area contributed by atoms with Crippen LogP contribution in [0.4, 0.5) is 0 Å². The van der Waals surface area contributed by atoms with Gasteiger partial charge in [-0.15, -0.1) is 0 Å². The Kier molecular flexibility index (Phi) is 6.72. The molecular weight excluding hydrogens is 400 g/mol.